The lowest BCUT2D eigenvalue weighted by molar-refractivity contribution is -0.0377. The monoisotopic (exact) mass is 412 g/mol. The number of morpholine rings is 1. The van der Waals surface area contributed by atoms with Gasteiger partial charge in [0.25, 0.3) is 11.8 Å². The van der Waals surface area contributed by atoms with E-state index >= 15 is 0 Å². The third-order valence-corrected chi connectivity index (χ3v) is 5.92. The molecule has 0 bridgehead atoms. The molecule has 1 aliphatic carbocycles. The molecule has 2 aromatic rings. The normalized spacial score (nSPS) is 19.6. The predicted octanol–water partition coefficient (Wildman–Crippen LogP) is 3.21. The zero-order valence-electron chi connectivity index (χ0n) is 17.3. The maximum absolute atomic E-state index is 13.3. The second-order valence-electron chi connectivity index (χ2n) is 7.85. The first-order chi connectivity index (χ1) is 14.7. The minimum absolute atomic E-state index is 0.00244. The first-order valence-electron chi connectivity index (χ1n) is 10.5. The van der Waals surface area contributed by atoms with Crippen LogP contribution in [0.3, 0.4) is 0 Å². The highest BCUT2D eigenvalue weighted by Gasteiger charge is 2.33. The Morgan fingerprint density at radius 1 is 1.17 bits per heavy atom. The van der Waals surface area contributed by atoms with Crippen LogP contribution >= 0.6 is 0 Å². The van der Waals surface area contributed by atoms with Crippen LogP contribution in [0.15, 0.2) is 47.1 Å². The van der Waals surface area contributed by atoms with Gasteiger partial charge in [-0.05, 0) is 49.2 Å². The molecule has 1 aromatic carbocycles. The Bertz CT molecular complexity index is 843. The van der Waals surface area contributed by atoms with Crippen LogP contribution in [0, 0.1) is 0 Å². The molecule has 1 aliphatic heterocycles. The van der Waals surface area contributed by atoms with E-state index < -0.39 is 0 Å². The number of hydrogen-bond acceptors (Lipinski definition) is 5. The lowest BCUT2D eigenvalue weighted by Gasteiger charge is -2.37. The standard InChI is InChI=1S/C23H28N2O5/c1-28-19-10-8-17(9-11-19)22(26)25(18-5-2-3-6-18)16-20-15-24(12-14-29-20)23(27)21-7-4-13-30-21/h4,7-11,13,18,20H,2-3,5-6,12,14-16H2,1H3. The van der Waals surface area contributed by atoms with Crippen LogP contribution < -0.4 is 4.74 Å². The molecule has 7 nitrogen and oxygen atoms in total. The molecule has 1 atom stereocenters. The smallest absolute Gasteiger partial charge is 0.289 e. The topological polar surface area (TPSA) is 72.2 Å². The van der Waals surface area contributed by atoms with Crippen molar-refractivity contribution in [3.8, 4) is 5.75 Å². The molecule has 0 radical (unpaired) electrons. The van der Waals surface area contributed by atoms with E-state index in [9.17, 15) is 9.59 Å². The van der Waals surface area contributed by atoms with Crippen LogP contribution in [0.5, 0.6) is 5.75 Å². The number of rotatable bonds is 6. The molecular weight excluding hydrogens is 384 g/mol. The number of carbonyl (C=O) groups is 2. The Labute approximate surface area is 176 Å². The number of nitrogens with zero attached hydrogens (tertiary/aromatic N) is 2. The van der Waals surface area contributed by atoms with Gasteiger partial charge in [0.05, 0.1) is 26.1 Å². The van der Waals surface area contributed by atoms with Crippen LogP contribution in [0.4, 0.5) is 0 Å². The van der Waals surface area contributed by atoms with Crippen molar-refractivity contribution in [3.63, 3.8) is 0 Å². The van der Waals surface area contributed by atoms with E-state index in [1.807, 2.05) is 4.90 Å². The Morgan fingerprint density at radius 3 is 2.60 bits per heavy atom. The number of hydrogen-bond donors (Lipinski definition) is 0. The van der Waals surface area contributed by atoms with E-state index in [-0.39, 0.29) is 24.0 Å². The minimum atomic E-state index is -0.222. The van der Waals surface area contributed by atoms with E-state index in [1.54, 1.807) is 48.4 Å². The first kappa shape index (κ1) is 20.5. The molecule has 2 heterocycles. The SMILES string of the molecule is COc1ccc(C(=O)N(CC2CN(C(=O)c3ccco3)CCO2)C2CCCC2)cc1. The third kappa shape index (κ3) is 4.51. The first-order valence-corrected chi connectivity index (χ1v) is 10.5. The highest BCUT2D eigenvalue weighted by atomic mass is 16.5. The molecule has 7 heteroatoms. The van der Waals surface area contributed by atoms with Crippen molar-refractivity contribution in [1.82, 2.24) is 9.80 Å². The van der Waals surface area contributed by atoms with Crippen LogP contribution in [0.1, 0.15) is 46.6 Å². The van der Waals surface area contributed by atoms with Gasteiger partial charge in [-0.3, -0.25) is 9.59 Å². The summed E-state index contributed by atoms with van der Waals surface area (Å²) in [7, 11) is 1.61. The van der Waals surface area contributed by atoms with Gasteiger partial charge in [-0.2, -0.15) is 0 Å². The highest BCUT2D eigenvalue weighted by molar-refractivity contribution is 5.94. The van der Waals surface area contributed by atoms with Crippen molar-refractivity contribution in [2.75, 3.05) is 33.4 Å². The average Bonchev–Trinajstić information content (AvgIpc) is 3.51. The highest BCUT2D eigenvalue weighted by Crippen LogP contribution is 2.26. The largest absolute Gasteiger partial charge is 0.497 e. The predicted molar refractivity (Wildman–Crippen MR) is 111 cm³/mol. The van der Waals surface area contributed by atoms with Crippen LogP contribution in [0.2, 0.25) is 0 Å². The molecule has 1 aromatic heterocycles. The van der Waals surface area contributed by atoms with E-state index in [2.05, 4.69) is 0 Å². The summed E-state index contributed by atoms with van der Waals surface area (Å²) in [6.07, 6.45) is 5.55. The average molecular weight is 412 g/mol. The van der Waals surface area contributed by atoms with Gasteiger partial charge in [0.1, 0.15) is 5.75 Å². The second kappa shape index (κ2) is 9.34. The zero-order chi connectivity index (χ0) is 20.9. The van der Waals surface area contributed by atoms with E-state index in [0.29, 0.717) is 37.6 Å². The number of ether oxygens (including phenoxy) is 2. The maximum Gasteiger partial charge on any atom is 0.289 e. The van der Waals surface area contributed by atoms with Gasteiger partial charge >= 0.3 is 0 Å². The fourth-order valence-electron chi connectivity index (χ4n) is 4.30. The molecule has 0 spiro atoms. The molecule has 30 heavy (non-hydrogen) atoms. The quantitative estimate of drug-likeness (QED) is 0.729. The molecule has 2 amide bonds. The summed E-state index contributed by atoms with van der Waals surface area (Å²) in [6, 6.07) is 10.8. The maximum atomic E-state index is 13.3. The van der Waals surface area contributed by atoms with E-state index in [0.717, 1.165) is 31.4 Å². The molecule has 2 aliphatic rings. The lowest BCUT2D eigenvalue weighted by Crippen LogP contribution is -2.52. The van der Waals surface area contributed by atoms with E-state index in [4.69, 9.17) is 13.9 Å². The fourth-order valence-corrected chi connectivity index (χ4v) is 4.30. The number of methoxy groups -OCH3 is 1. The summed E-state index contributed by atoms with van der Waals surface area (Å²) in [5.74, 6) is 0.920. The molecule has 1 saturated carbocycles. The summed E-state index contributed by atoms with van der Waals surface area (Å²) in [6.45, 7) is 1.88. The van der Waals surface area contributed by atoms with Gasteiger partial charge in [-0.15, -0.1) is 0 Å². The van der Waals surface area contributed by atoms with E-state index in [1.165, 1.54) is 6.26 Å². The molecule has 2 fully saturated rings. The summed E-state index contributed by atoms with van der Waals surface area (Å²) in [5.41, 5.74) is 0.641. The van der Waals surface area contributed by atoms with Gasteiger partial charge in [0.15, 0.2) is 5.76 Å². The number of amides is 2. The number of benzene rings is 1. The summed E-state index contributed by atoms with van der Waals surface area (Å²) in [4.78, 5) is 29.7. The summed E-state index contributed by atoms with van der Waals surface area (Å²) < 4.78 is 16.4. The molecular formula is C23H28N2O5. The molecule has 160 valence electrons. The van der Waals surface area contributed by atoms with Gasteiger partial charge in [0.2, 0.25) is 0 Å². The van der Waals surface area contributed by atoms with Gasteiger partial charge in [-0.1, -0.05) is 12.8 Å². The van der Waals surface area contributed by atoms with Gasteiger partial charge < -0.3 is 23.7 Å². The van der Waals surface area contributed by atoms with Crippen molar-refractivity contribution < 1.29 is 23.5 Å². The summed E-state index contributed by atoms with van der Waals surface area (Å²) in [5, 5.41) is 0. The Kier molecular flexibility index (Phi) is 6.38. The number of furan rings is 1. The third-order valence-electron chi connectivity index (χ3n) is 5.92. The molecule has 1 unspecified atom stereocenters. The zero-order valence-corrected chi connectivity index (χ0v) is 17.3. The Morgan fingerprint density at radius 2 is 1.93 bits per heavy atom. The second-order valence-corrected chi connectivity index (χ2v) is 7.85. The van der Waals surface area contributed by atoms with Crippen molar-refractivity contribution in [2.45, 2.75) is 37.8 Å². The Hall–Kier alpha value is -2.80. The lowest BCUT2D eigenvalue weighted by atomic mass is 10.1. The van der Waals surface area contributed by atoms with Gasteiger partial charge in [-0.25, -0.2) is 0 Å². The van der Waals surface area contributed by atoms with Crippen molar-refractivity contribution in [1.29, 1.82) is 0 Å². The Balaban J connectivity index is 1.47. The number of carbonyl (C=O) groups excluding carboxylic acids is 2. The van der Waals surface area contributed by atoms with Crippen LogP contribution in [0.25, 0.3) is 0 Å². The molecule has 0 N–H and O–H groups in total. The van der Waals surface area contributed by atoms with Crippen LogP contribution in [-0.4, -0.2) is 67.1 Å². The van der Waals surface area contributed by atoms with Crippen molar-refractivity contribution in [2.24, 2.45) is 0 Å². The molecule has 1 saturated heterocycles. The van der Waals surface area contributed by atoms with Crippen molar-refractivity contribution in [3.05, 3.63) is 54.0 Å². The fraction of sp³-hybridized carbons (Fsp3) is 0.478. The minimum Gasteiger partial charge on any atom is -0.497 e. The van der Waals surface area contributed by atoms with Gasteiger partial charge in [0, 0.05) is 31.2 Å². The summed E-state index contributed by atoms with van der Waals surface area (Å²) >= 11 is 0. The van der Waals surface area contributed by atoms with Crippen LogP contribution in [-0.2, 0) is 4.74 Å². The van der Waals surface area contributed by atoms with Crippen molar-refractivity contribution >= 4 is 11.8 Å². The molecule has 4 rings (SSSR count).